The Balaban J connectivity index is 2.07. The van der Waals surface area contributed by atoms with Gasteiger partial charge < -0.3 is 0 Å². The number of rotatable bonds is 2. The maximum absolute atomic E-state index is 9.79. The molecule has 20 heavy (non-hydrogen) atoms. The van der Waals surface area contributed by atoms with Gasteiger partial charge in [0.25, 0.3) is 0 Å². The molecule has 0 N–H and O–H groups in total. The van der Waals surface area contributed by atoms with Crippen molar-refractivity contribution in [3.8, 4) is 6.07 Å². The standard InChI is InChI=1S/C16H16ClN3/c1-11-15(17)14(20(2)19-11)9-16(10-18)8-7-12-5-3-4-6-13(12)16/h3-6H,7-9H2,1-2H3. The highest BCUT2D eigenvalue weighted by Crippen LogP contribution is 2.42. The Morgan fingerprint density at radius 3 is 2.85 bits per heavy atom. The van der Waals surface area contributed by atoms with Crippen LogP contribution in [0.2, 0.25) is 5.02 Å². The summed E-state index contributed by atoms with van der Waals surface area (Å²) in [4.78, 5) is 0. The predicted molar refractivity (Wildman–Crippen MR) is 78.7 cm³/mol. The molecule has 1 aromatic carbocycles. The molecule has 3 nitrogen and oxygen atoms in total. The van der Waals surface area contributed by atoms with Gasteiger partial charge >= 0.3 is 0 Å². The molecular formula is C16H16ClN3. The third kappa shape index (κ3) is 1.83. The Kier molecular flexibility index (Phi) is 3.07. The van der Waals surface area contributed by atoms with Gasteiger partial charge in [-0.3, -0.25) is 4.68 Å². The third-order valence-corrected chi connectivity index (χ3v) is 4.79. The van der Waals surface area contributed by atoms with Crippen molar-refractivity contribution in [1.29, 1.82) is 5.26 Å². The number of hydrogen-bond donors (Lipinski definition) is 0. The summed E-state index contributed by atoms with van der Waals surface area (Å²) in [6, 6.07) is 10.8. The lowest BCUT2D eigenvalue weighted by Crippen LogP contribution is -2.25. The molecule has 4 heteroatoms. The van der Waals surface area contributed by atoms with Crippen LogP contribution in [0.3, 0.4) is 0 Å². The largest absolute Gasteiger partial charge is 0.271 e. The van der Waals surface area contributed by atoms with E-state index in [1.807, 2.05) is 26.1 Å². The molecule has 3 rings (SSSR count). The summed E-state index contributed by atoms with van der Waals surface area (Å²) in [5.41, 5.74) is 3.73. The van der Waals surface area contributed by atoms with Crippen LogP contribution in [-0.2, 0) is 25.3 Å². The molecule has 1 aliphatic rings. The minimum Gasteiger partial charge on any atom is -0.271 e. The van der Waals surface area contributed by atoms with Crippen molar-refractivity contribution < 1.29 is 0 Å². The fourth-order valence-corrected chi connectivity index (χ4v) is 3.41. The van der Waals surface area contributed by atoms with Gasteiger partial charge in [0.15, 0.2) is 0 Å². The van der Waals surface area contributed by atoms with Gasteiger partial charge in [-0.1, -0.05) is 35.9 Å². The molecule has 0 aliphatic heterocycles. The summed E-state index contributed by atoms with van der Waals surface area (Å²) in [5.74, 6) is 0. The fraction of sp³-hybridized carbons (Fsp3) is 0.375. The number of benzene rings is 1. The van der Waals surface area contributed by atoms with Crippen molar-refractivity contribution in [2.75, 3.05) is 0 Å². The minimum absolute atomic E-state index is 0.472. The Hall–Kier alpha value is -1.79. The summed E-state index contributed by atoms with van der Waals surface area (Å²) < 4.78 is 1.80. The first-order valence-corrected chi connectivity index (χ1v) is 7.13. The van der Waals surface area contributed by atoms with Crippen LogP contribution in [0.1, 0.15) is 28.9 Å². The molecule has 1 heterocycles. The summed E-state index contributed by atoms with van der Waals surface area (Å²) in [6.07, 6.45) is 2.43. The lowest BCUT2D eigenvalue weighted by Gasteiger charge is -2.22. The van der Waals surface area contributed by atoms with Crippen molar-refractivity contribution in [1.82, 2.24) is 9.78 Å². The number of aryl methyl sites for hydroxylation is 3. The average Bonchev–Trinajstić information content (AvgIpc) is 2.93. The molecule has 102 valence electrons. The van der Waals surface area contributed by atoms with Gasteiger partial charge in [-0.2, -0.15) is 10.4 Å². The number of hydrogen-bond acceptors (Lipinski definition) is 2. The second kappa shape index (κ2) is 4.64. The van der Waals surface area contributed by atoms with E-state index in [9.17, 15) is 5.26 Å². The fourth-order valence-electron chi connectivity index (χ4n) is 3.19. The zero-order chi connectivity index (χ0) is 14.3. The number of nitrogens with zero attached hydrogens (tertiary/aromatic N) is 3. The van der Waals surface area contributed by atoms with Crippen LogP contribution in [0.4, 0.5) is 0 Å². The average molecular weight is 286 g/mol. The van der Waals surface area contributed by atoms with E-state index < -0.39 is 5.41 Å². The van der Waals surface area contributed by atoms with E-state index in [0.29, 0.717) is 11.4 Å². The maximum Gasteiger partial charge on any atom is 0.0883 e. The monoisotopic (exact) mass is 285 g/mol. The molecule has 0 saturated carbocycles. The number of nitriles is 1. The molecule has 1 aliphatic carbocycles. The maximum atomic E-state index is 9.79. The molecule has 0 fully saturated rings. The van der Waals surface area contributed by atoms with E-state index in [1.54, 1.807) is 4.68 Å². The zero-order valence-electron chi connectivity index (χ0n) is 11.7. The zero-order valence-corrected chi connectivity index (χ0v) is 12.4. The van der Waals surface area contributed by atoms with Gasteiger partial charge in [-0.05, 0) is 30.9 Å². The first-order valence-electron chi connectivity index (χ1n) is 6.75. The van der Waals surface area contributed by atoms with E-state index in [2.05, 4.69) is 23.3 Å². The molecule has 0 radical (unpaired) electrons. The molecule has 0 amide bonds. The second-order valence-electron chi connectivity index (χ2n) is 5.50. The van der Waals surface area contributed by atoms with Crippen molar-refractivity contribution in [2.45, 2.75) is 31.6 Å². The Labute approximate surface area is 123 Å². The molecule has 1 aromatic heterocycles. The van der Waals surface area contributed by atoms with Crippen molar-refractivity contribution in [2.24, 2.45) is 7.05 Å². The molecule has 0 saturated heterocycles. The molecule has 2 aromatic rings. The molecule has 0 bridgehead atoms. The van der Waals surface area contributed by atoms with Gasteiger partial charge in [-0.25, -0.2) is 0 Å². The highest BCUT2D eigenvalue weighted by Gasteiger charge is 2.40. The van der Waals surface area contributed by atoms with Gasteiger partial charge in [0, 0.05) is 13.5 Å². The van der Waals surface area contributed by atoms with E-state index in [0.717, 1.165) is 29.8 Å². The quantitative estimate of drug-likeness (QED) is 0.849. The summed E-state index contributed by atoms with van der Waals surface area (Å²) in [6.45, 7) is 1.90. The topological polar surface area (TPSA) is 41.6 Å². The molecule has 1 unspecified atom stereocenters. The van der Waals surface area contributed by atoms with Gasteiger partial charge in [0.05, 0.1) is 27.9 Å². The van der Waals surface area contributed by atoms with Crippen LogP contribution >= 0.6 is 11.6 Å². The van der Waals surface area contributed by atoms with Crippen LogP contribution in [0.25, 0.3) is 0 Å². The SMILES string of the molecule is Cc1nn(C)c(CC2(C#N)CCc3ccccc32)c1Cl. The Bertz CT molecular complexity index is 711. The Morgan fingerprint density at radius 2 is 2.20 bits per heavy atom. The predicted octanol–water partition coefficient (Wildman–Crippen LogP) is 3.33. The lowest BCUT2D eigenvalue weighted by molar-refractivity contribution is 0.517. The van der Waals surface area contributed by atoms with Crippen LogP contribution in [-0.4, -0.2) is 9.78 Å². The highest BCUT2D eigenvalue weighted by atomic mass is 35.5. The molecule has 1 atom stereocenters. The van der Waals surface area contributed by atoms with E-state index in [4.69, 9.17) is 11.6 Å². The molecular weight excluding hydrogens is 270 g/mol. The minimum atomic E-state index is -0.472. The highest BCUT2D eigenvalue weighted by molar-refractivity contribution is 6.31. The normalized spacial score (nSPS) is 20.7. The second-order valence-corrected chi connectivity index (χ2v) is 5.88. The van der Waals surface area contributed by atoms with Crippen LogP contribution < -0.4 is 0 Å². The van der Waals surface area contributed by atoms with E-state index in [-0.39, 0.29) is 0 Å². The van der Waals surface area contributed by atoms with Gasteiger partial charge in [0.1, 0.15) is 0 Å². The summed E-state index contributed by atoms with van der Waals surface area (Å²) in [7, 11) is 1.89. The van der Waals surface area contributed by atoms with E-state index in [1.165, 1.54) is 5.56 Å². The van der Waals surface area contributed by atoms with Crippen molar-refractivity contribution >= 4 is 11.6 Å². The molecule has 0 spiro atoms. The van der Waals surface area contributed by atoms with Crippen molar-refractivity contribution in [3.63, 3.8) is 0 Å². The number of halogens is 1. The summed E-state index contributed by atoms with van der Waals surface area (Å²) in [5, 5.41) is 14.8. The van der Waals surface area contributed by atoms with Gasteiger partial charge in [0.2, 0.25) is 0 Å². The van der Waals surface area contributed by atoms with Crippen molar-refractivity contribution in [3.05, 3.63) is 51.8 Å². The first kappa shape index (κ1) is 13.2. The smallest absolute Gasteiger partial charge is 0.0883 e. The number of fused-ring (bicyclic) bond motifs is 1. The Morgan fingerprint density at radius 1 is 1.45 bits per heavy atom. The number of aromatic nitrogens is 2. The summed E-state index contributed by atoms with van der Waals surface area (Å²) >= 11 is 6.35. The third-order valence-electron chi connectivity index (χ3n) is 4.30. The lowest BCUT2D eigenvalue weighted by atomic mass is 9.79. The van der Waals surface area contributed by atoms with Crippen LogP contribution in [0, 0.1) is 18.3 Å². The van der Waals surface area contributed by atoms with E-state index >= 15 is 0 Å². The van der Waals surface area contributed by atoms with Crippen LogP contribution in [0.15, 0.2) is 24.3 Å². The first-order chi connectivity index (χ1) is 9.57. The van der Waals surface area contributed by atoms with Gasteiger partial charge in [-0.15, -0.1) is 0 Å². The van der Waals surface area contributed by atoms with Crippen LogP contribution in [0.5, 0.6) is 0 Å².